The second kappa shape index (κ2) is 8.09. The van der Waals surface area contributed by atoms with Crippen LogP contribution in [0.3, 0.4) is 0 Å². The van der Waals surface area contributed by atoms with Crippen molar-refractivity contribution in [2.75, 3.05) is 11.9 Å². The summed E-state index contributed by atoms with van der Waals surface area (Å²) in [5.74, 6) is 0.389. The van der Waals surface area contributed by atoms with Gasteiger partial charge in [-0.05, 0) is 35.9 Å². The lowest BCUT2D eigenvalue weighted by atomic mass is 10.1. The van der Waals surface area contributed by atoms with Crippen LogP contribution < -0.4 is 10.5 Å². The summed E-state index contributed by atoms with van der Waals surface area (Å²) in [6.07, 6.45) is 5.15. The molecule has 0 aliphatic rings. The standard InChI is InChI=1S/C19H18N4O3S/c20-27(25,26)17-9-7-16(8-10-17)22-19-21-12-11-18(23-19)15-5-3-14(4-6-15)2-1-13-24/h1-12,24H,13H2,(H2,20,25,26)(H,21,22,23). The lowest BCUT2D eigenvalue weighted by Gasteiger charge is -2.07. The first-order chi connectivity index (χ1) is 13.0. The fourth-order valence-corrected chi connectivity index (χ4v) is 2.91. The summed E-state index contributed by atoms with van der Waals surface area (Å²) in [5, 5.41) is 16.9. The number of benzene rings is 2. The Hall–Kier alpha value is -3.07. The molecule has 0 saturated carbocycles. The molecule has 138 valence electrons. The van der Waals surface area contributed by atoms with Crippen molar-refractivity contribution in [2.24, 2.45) is 5.14 Å². The molecule has 0 fully saturated rings. The predicted octanol–water partition coefficient (Wildman–Crippen LogP) is 2.54. The molecule has 0 radical (unpaired) electrons. The molecule has 8 heteroatoms. The number of hydrogen-bond donors (Lipinski definition) is 3. The number of primary sulfonamides is 1. The van der Waals surface area contributed by atoms with Crippen LogP contribution in [-0.4, -0.2) is 30.1 Å². The van der Waals surface area contributed by atoms with Crippen molar-refractivity contribution < 1.29 is 13.5 Å². The highest BCUT2D eigenvalue weighted by Gasteiger charge is 2.07. The van der Waals surface area contributed by atoms with Gasteiger partial charge >= 0.3 is 0 Å². The van der Waals surface area contributed by atoms with E-state index in [-0.39, 0.29) is 11.5 Å². The summed E-state index contributed by atoms with van der Waals surface area (Å²) in [5.41, 5.74) is 3.29. The molecule has 0 bridgehead atoms. The number of rotatable bonds is 6. The first-order valence-corrected chi connectivity index (χ1v) is 9.61. The number of nitrogens with zero attached hydrogens (tertiary/aromatic N) is 2. The minimum Gasteiger partial charge on any atom is -0.392 e. The van der Waals surface area contributed by atoms with E-state index in [1.165, 1.54) is 12.1 Å². The van der Waals surface area contributed by atoms with Gasteiger partial charge in [0.1, 0.15) is 0 Å². The third kappa shape index (κ3) is 4.98. The van der Waals surface area contributed by atoms with Crippen molar-refractivity contribution in [3.8, 4) is 11.3 Å². The second-order valence-corrected chi connectivity index (χ2v) is 7.23. The SMILES string of the molecule is NS(=O)(=O)c1ccc(Nc2nccc(-c3ccc(C=CCO)cc3)n2)cc1. The highest BCUT2D eigenvalue weighted by atomic mass is 32.2. The van der Waals surface area contributed by atoms with E-state index in [9.17, 15) is 8.42 Å². The van der Waals surface area contributed by atoms with Gasteiger partial charge in [0.05, 0.1) is 17.2 Å². The van der Waals surface area contributed by atoms with E-state index in [1.807, 2.05) is 30.3 Å². The van der Waals surface area contributed by atoms with Gasteiger partial charge in [0.25, 0.3) is 0 Å². The van der Waals surface area contributed by atoms with Gasteiger partial charge in [-0.1, -0.05) is 36.4 Å². The molecule has 1 aromatic heterocycles. The van der Waals surface area contributed by atoms with E-state index in [1.54, 1.807) is 30.5 Å². The average Bonchev–Trinajstić information content (AvgIpc) is 2.67. The number of hydrogen-bond acceptors (Lipinski definition) is 6. The van der Waals surface area contributed by atoms with Crippen LogP contribution in [0.2, 0.25) is 0 Å². The van der Waals surface area contributed by atoms with Crippen LogP contribution in [0, 0.1) is 0 Å². The number of sulfonamides is 1. The molecule has 1 heterocycles. The minimum atomic E-state index is -3.72. The van der Waals surface area contributed by atoms with Crippen LogP contribution in [0.15, 0.2) is 71.8 Å². The van der Waals surface area contributed by atoms with E-state index < -0.39 is 10.0 Å². The van der Waals surface area contributed by atoms with Gasteiger partial charge in [-0.15, -0.1) is 0 Å². The van der Waals surface area contributed by atoms with E-state index in [2.05, 4.69) is 15.3 Å². The van der Waals surface area contributed by atoms with E-state index in [0.717, 1.165) is 16.8 Å². The average molecular weight is 382 g/mol. The van der Waals surface area contributed by atoms with Gasteiger partial charge in [-0.25, -0.2) is 23.5 Å². The molecular formula is C19H18N4O3S. The number of aromatic nitrogens is 2. The highest BCUT2D eigenvalue weighted by molar-refractivity contribution is 7.89. The van der Waals surface area contributed by atoms with Gasteiger partial charge in [-0.3, -0.25) is 0 Å². The molecule has 3 rings (SSSR count). The summed E-state index contributed by atoms with van der Waals surface area (Å²) in [4.78, 5) is 8.70. The Morgan fingerprint density at radius 1 is 1.04 bits per heavy atom. The molecule has 0 aliphatic carbocycles. The fourth-order valence-electron chi connectivity index (χ4n) is 2.39. The molecule has 4 N–H and O–H groups in total. The van der Waals surface area contributed by atoms with Gasteiger partial charge in [0.2, 0.25) is 16.0 Å². The molecule has 0 spiro atoms. The lowest BCUT2D eigenvalue weighted by Crippen LogP contribution is -2.11. The Kier molecular flexibility index (Phi) is 5.60. The Morgan fingerprint density at radius 2 is 1.74 bits per heavy atom. The Balaban J connectivity index is 1.78. The monoisotopic (exact) mass is 382 g/mol. The van der Waals surface area contributed by atoms with Crippen LogP contribution >= 0.6 is 0 Å². The van der Waals surface area contributed by atoms with Crippen LogP contribution in [0.1, 0.15) is 5.56 Å². The quantitative estimate of drug-likeness (QED) is 0.603. The number of aliphatic hydroxyl groups is 1. The van der Waals surface area contributed by atoms with Gasteiger partial charge < -0.3 is 10.4 Å². The first kappa shape index (κ1) is 18.7. The van der Waals surface area contributed by atoms with Crippen molar-refractivity contribution in [1.82, 2.24) is 9.97 Å². The molecule has 0 atom stereocenters. The molecule has 7 nitrogen and oxygen atoms in total. The maximum absolute atomic E-state index is 11.3. The van der Waals surface area contributed by atoms with Gasteiger partial charge in [0, 0.05) is 17.4 Å². The van der Waals surface area contributed by atoms with Crippen LogP contribution in [0.25, 0.3) is 17.3 Å². The van der Waals surface area contributed by atoms with Crippen LogP contribution in [-0.2, 0) is 10.0 Å². The van der Waals surface area contributed by atoms with Crippen molar-refractivity contribution in [3.05, 3.63) is 72.4 Å². The van der Waals surface area contributed by atoms with Crippen LogP contribution in [0.5, 0.6) is 0 Å². The lowest BCUT2D eigenvalue weighted by molar-refractivity contribution is 0.343. The zero-order valence-corrected chi connectivity index (χ0v) is 15.1. The molecule has 27 heavy (non-hydrogen) atoms. The molecule has 0 saturated heterocycles. The smallest absolute Gasteiger partial charge is 0.238 e. The zero-order valence-electron chi connectivity index (χ0n) is 14.3. The third-order valence-electron chi connectivity index (χ3n) is 3.72. The molecular weight excluding hydrogens is 364 g/mol. The maximum Gasteiger partial charge on any atom is 0.238 e. The molecule has 0 unspecified atom stereocenters. The first-order valence-electron chi connectivity index (χ1n) is 8.06. The summed E-state index contributed by atoms with van der Waals surface area (Å²) in [6.45, 7) is 0.000874. The van der Waals surface area contributed by atoms with Crippen molar-refractivity contribution in [2.45, 2.75) is 4.90 Å². The molecule has 0 amide bonds. The Labute approximate surface area is 157 Å². The Morgan fingerprint density at radius 3 is 2.37 bits per heavy atom. The molecule has 0 aliphatic heterocycles. The Bertz CT molecular complexity index is 1050. The zero-order chi connectivity index (χ0) is 19.3. The van der Waals surface area contributed by atoms with Crippen LogP contribution in [0.4, 0.5) is 11.6 Å². The number of aliphatic hydroxyl groups excluding tert-OH is 1. The number of anilines is 2. The second-order valence-electron chi connectivity index (χ2n) is 5.67. The largest absolute Gasteiger partial charge is 0.392 e. The van der Waals surface area contributed by atoms with E-state index in [4.69, 9.17) is 10.2 Å². The number of nitrogens with two attached hydrogens (primary N) is 1. The summed E-state index contributed by atoms with van der Waals surface area (Å²) >= 11 is 0. The van der Waals surface area contributed by atoms with Gasteiger partial charge in [-0.2, -0.15) is 0 Å². The van der Waals surface area contributed by atoms with Crippen molar-refractivity contribution in [3.63, 3.8) is 0 Å². The summed E-state index contributed by atoms with van der Waals surface area (Å²) in [7, 11) is -3.72. The van der Waals surface area contributed by atoms with Crippen molar-refractivity contribution in [1.29, 1.82) is 0 Å². The molecule has 3 aromatic rings. The highest BCUT2D eigenvalue weighted by Crippen LogP contribution is 2.21. The van der Waals surface area contributed by atoms with Crippen molar-refractivity contribution >= 4 is 27.7 Å². The third-order valence-corrected chi connectivity index (χ3v) is 4.65. The van der Waals surface area contributed by atoms with E-state index >= 15 is 0 Å². The topological polar surface area (TPSA) is 118 Å². The summed E-state index contributed by atoms with van der Waals surface area (Å²) < 4.78 is 22.6. The minimum absolute atomic E-state index is 0.000874. The molecule has 2 aromatic carbocycles. The maximum atomic E-state index is 11.3. The summed E-state index contributed by atoms with van der Waals surface area (Å²) in [6, 6.07) is 15.6. The van der Waals surface area contributed by atoms with E-state index in [0.29, 0.717) is 11.6 Å². The predicted molar refractivity (Wildman–Crippen MR) is 105 cm³/mol. The number of nitrogens with one attached hydrogen (secondary N) is 1. The van der Waals surface area contributed by atoms with Gasteiger partial charge in [0.15, 0.2) is 0 Å². The normalized spacial score (nSPS) is 11.6. The fraction of sp³-hybridized carbons (Fsp3) is 0.0526.